The SMILES string of the molecule is C=C/C=C\c1c(C)c2ccccc2n1-c1ccc(-c2ccc(-c3ccc(-n4c5ccccc5c5ccccc54)cc3)c(-c3ccc(-n4c5ccccc5c5ccccc54)cc3)c2)cc1. The van der Waals surface area contributed by atoms with E-state index in [0.29, 0.717) is 0 Å². The van der Waals surface area contributed by atoms with Gasteiger partial charge in [-0.15, -0.1) is 0 Å². The third-order valence-corrected chi connectivity index (χ3v) is 13.1. The maximum atomic E-state index is 3.93. The molecule has 64 heavy (non-hydrogen) atoms. The first kappa shape index (κ1) is 37.4. The van der Waals surface area contributed by atoms with Crippen molar-refractivity contribution in [3.05, 3.63) is 242 Å². The molecular formula is C61H43N3. The van der Waals surface area contributed by atoms with Gasteiger partial charge in [-0.25, -0.2) is 0 Å². The minimum atomic E-state index is 1.12. The number of nitrogens with zero attached hydrogens (tertiary/aromatic N) is 3. The molecule has 12 aromatic rings. The van der Waals surface area contributed by atoms with Crippen molar-refractivity contribution in [2.24, 2.45) is 0 Å². The van der Waals surface area contributed by atoms with Crippen molar-refractivity contribution in [1.29, 1.82) is 0 Å². The minimum absolute atomic E-state index is 1.12. The number of hydrogen-bond donors (Lipinski definition) is 0. The van der Waals surface area contributed by atoms with E-state index in [9.17, 15) is 0 Å². The van der Waals surface area contributed by atoms with Crippen LogP contribution in [0.25, 0.3) is 111 Å². The van der Waals surface area contributed by atoms with Gasteiger partial charge in [0.25, 0.3) is 0 Å². The fourth-order valence-corrected chi connectivity index (χ4v) is 10.1. The van der Waals surface area contributed by atoms with E-state index in [1.165, 1.54) is 82.3 Å². The van der Waals surface area contributed by atoms with Gasteiger partial charge in [-0.05, 0) is 125 Å². The van der Waals surface area contributed by atoms with Crippen LogP contribution in [0.4, 0.5) is 0 Å². The third-order valence-electron chi connectivity index (χ3n) is 13.1. The summed E-state index contributed by atoms with van der Waals surface area (Å²) < 4.78 is 7.12. The number of benzene rings is 9. The lowest BCUT2D eigenvalue weighted by Crippen LogP contribution is -1.97. The summed E-state index contributed by atoms with van der Waals surface area (Å²) in [5.74, 6) is 0. The van der Waals surface area contributed by atoms with E-state index in [4.69, 9.17) is 0 Å². The molecule has 0 amide bonds. The lowest BCUT2D eigenvalue weighted by atomic mass is 9.91. The molecule has 0 radical (unpaired) electrons. The lowest BCUT2D eigenvalue weighted by molar-refractivity contribution is 1.10. The Labute approximate surface area is 372 Å². The van der Waals surface area contributed by atoms with Gasteiger partial charge in [0.15, 0.2) is 0 Å². The largest absolute Gasteiger partial charge is 0.310 e. The number of rotatable bonds is 8. The Bertz CT molecular complexity index is 3670. The second-order valence-electron chi connectivity index (χ2n) is 16.6. The first-order valence-corrected chi connectivity index (χ1v) is 22.0. The first-order chi connectivity index (χ1) is 31.6. The summed E-state index contributed by atoms with van der Waals surface area (Å²) in [5, 5.41) is 6.30. The van der Waals surface area contributed by atoms with Crippen LogP contribution in [0, 0.1) is 6.92 Å². The zero-order chi connectivity index (χ0) is 42.7. The number of aryl methyl sites for hydroxylation is 1. The van der Waals surface area contributed by atoms with Crippen LogP contribution in [-0.2, 0) is 0 Å². The van der Waals surface area contributed by atoms with Crippen LogP contribution in [0.2, 0.25) is 0 Å². The molecule has 0 N–H and O–H groups in total. The van der Waals surface area contributed by atoms with E-state index in [1.54, 1.807) is 0 Å². The summed E-state index contributed by atoms with van der Waals surface area (Å²) in [6.07, 6.45) is 6.01. The number of para-hydroxylation sites is 5. The number of hydrogen-bond acceptors (Lipinski definition) is 0. The van der Waals surface area contributed by atoms with Crippen molar-refractivity contribution in [2.45, 2.75) is 6.92 Å². The normalized spacial score (nSPS) is 11.8. The molecule has 0 aliphatic rings. The molecule has 0 fully saturated rings. The summed E-state index contributed by atoms with van der Waals surface area (Å²) in [4.78, 5) is 0. The van der Waals surface area contributed by atoms with Crippen molar-refractivity contribution in [3.8, 4) is 50.4 Å². The Morgan fingerprint density at radius 3 is 1.16 bits per heavy atom. The number of fused-ring (bicyclic) bond motifs is 7. The zero-order valence-corrected chi connectivity index (χ0v) is 35.5. The molecule has 12 rings (SSSR count). The van der Waals surface area contributed by atoms with Gasteiger partial charge in [-0.3, -0.25) is 0 Å². The molecule has 0 aliphatic carbocycles. The number of allylic oxidation sites excluding steroid dienone is 2. The van der Waals surface area contributed by atoms with Crippen molar-refractivity contribution >= 4 is 60.6 Å². The van der Waals surface area contributed by atoms with E-state index in [-0.39, 0.29) is 0 Å². The third kappa shape index (κ3) is 5.97. The predicted octanol–water partition coefficient (Wildman–Crippen LogP) is 16.3. The summed E-state index contributed by atoms with van der Waals surface area (Å²) in [6.45, 7) is 6.14. The summed E-state index contributed by atoms with van der Waals surface area (Å²) >= 11 is 0. The Morgan fingerprint density at radius 2 is 0.703 bits per heavy atom. The lowest BCUT2D eigenvalue weighted by Gasteiger charge is -2.16. The van der Waals surface area contributed by atoms with E-state index < -0.39 is 0 Å². The van der Waals surface area contributed by atoms with E-state index in [2.05, 4.69) is 246 Å². The average Bonchev–Trinajstić information content (AvgIpc) is 3.98. The molecule has 0 saturated heterocycles. The minimum Gasteiger partial charge on any atom is -0.310 e. The van der Waals surface area contributed by atoms with E-state index in [0.717, 1.165) is 33.9 Å². The smallest absolute Gasteiger partial charge is 0.0541 e. The average molecular weight is 818 g/mol. The van der Waals surface area contributed by atoms with Crippen molar-refractivity contribution in [1.82, 2.24) is 13.7 Å². The Balaban J connectivity index is 0.976. The van der Waals surface area contributed by atoms with Crippen molar-refractivity contribution in [3.63, 3.8) is 0 Å². The van der Waals surface area contributed by atoms with E-state index in [1.807, 2.05) is 12.2 Å². The molecular weight excluding hydrogens is 775 g/mol. The zero-order valence-electron chi connectivity index (χ0n) is 35.5. The van der Waals surface area contributed by atoms with Gasteiger partial charge in [0.2, 0.25) is 0 Å². The second kappa shape index (κ2) is 15.2. The van der Waals surface area contributed by atoms with Crippen LogP contribution in [-0.4, -0.2) is 13.7 Å². The Kier molecular flexibility index (Phi) is 8.87. The van der Waals surface area contributed by atoms with Crippen LogP contribution in [0.3, 0.4) is 0 Å². The molecule has 0 saturated carbocycles. The highest BCUT2D eigenvalue weighted by atomic mass is 15.0. The van der Waals surface area contributed by atoms with Gasteiger partial charge < -0.3 is 13.7 Å². The Hall–Kier alpha value is -8.40. The predicted molar refractivity (Wildman–Crippen MR) is 272 cm³/mol. The molecule has 3 heterocycles. The Morgan fingerprint density at radius 1 is 0.344 bits per heavy atom. The maximum absolute atomic E-state index is 3.93. The van der Waals surface area contributed by atoms with Crippen molar-refractivity contribution in [2.75, 3.05) is 0 Å². The highest BCUT2D eigenvalue weighted by Crippen LogP contribution is 2.40. The monoisotopic (exact) mass is 817 g/mol. The van der Waals surface area contributed by atoms with Gasteiger partial charge in [0, 0.05) is 49.7 Å². The van der Waals surface area contributed by atoms with Gasteiger partial charge in [0.1, 0.15) is 0 Å². The maximum Gasteiger partial charge on any atom is 0.0541 e. The van der Waals surface area contributed by atoms with E-state index >= 15 is 0 Å². The molecule has 0 atom stereocenters. The quantitative estimate of drug-likeness (QED) is 0.136. The molecule has 3 nitrogen and oxygen atoms in total. The molecule has 0 bridgehead atoms. The molecule has 0 aliphatic heterocycles. The van der Waals surface area contributed by atoms with Gasteiger partial charge in [0.05, 0.1) is 27.6 Å². The topological polar surface area (TPSA) is 14.8 Å². The second-order valence-corrected chi connectivity index (χ2v) is 16.6. The van der Waals surface area contributed by atoms with Crippen LogP contribution in [0.5, 0.6) is 0 Å². The molecule has 0 unspecified atom stereocenters. The number of aromatic nitrogens is 3. The summed E-state index contributed by atoms with van der Waals surface area (Å²) in [7, 11) is 0. The molecule has 302 valence electrons. The standard InChI is InChI=1S/C61H43N3/c1-3-4-20-56-41(2)49-15-5-10-21-57(49)62(56)46-33-26-42(27-34-46)45-32-39-50(43-28-35-47(36-29-43)63-58-22-11-6-16-51(58)52-17-7-12-23-59(52)63)55(40-45)44-30-37-48(38-31-44)64-60-24-13-8-18-53(60)54-19-9-14-25-61(54)64/h3-40H,1H2,2H3/b20-4-. The van der Waals surface area contributed by atoms with Crippen LogP contribution in [0.1, 0.15) is 11.3 Å². The fourth-order valence-electron chi connectivity index (χ4n) is 10.1. The summed E-state index contributed by atoms with van der Waals surface area (Å²) in [5.41, 5.74) is 18.9. The van der Waals surface area contributed by atoms with Gasteiger partial charge in [-0.2, -0.15) is 0 Å². The van der Waals surface area contributed by atoms with Crippen LogP contribution >= 0.6 is 0 Å². The van der Waals surface area contributed by atoms with Gasteiger partial charge >= 0.3 is 0 Å². The summed E-state index contributed by atoms with van der Waals surface area (Å²) in [6, 6.07) is 77.6. The molecule has 9 aromatic carbocycles. The molecule has 0 spiro atoms. The highest BCUT2D eigenvalue weighted by molar-refractivity contribution is 6.10. The van der Waals surface area contributed by atoms with Crippen LogP contribution < -0.4 is 0 Å². The molecule has 3 aromatic heterocycles. The van der Waals surface area contributed by atoms with Crippen molar-refractivity contribution < 1.29 is 0 Å². The van der Waals surface area contributed by atoms with Gasteiger partial charge in [-0.1, -0.05) is 158 Å². The molecule has 3 heteroatoms. The highest BCUT2D eigenvalue weighted by Gasteiger charge is 2.17. The first-order valence-electron chi connectivity index (χ1n) is 22.0. The van der Waals surface area contributed by atoms with Crippen LogP contribution in [0.15, 0.2) is 231 Å². The fraction of sp³-hybridized carbons (Fsp3) is 0.0164.